The molecule has 12 heteroatoms. The Labute approximate surface area is 162 Å². The Morgan fingerprint density at radius 3 is 2.32 bits per heavy atom. The van der Waals surface area contributed by atoms with Gasteiger partial charge in [0, 0.05) is 13.7 Å². The minimum absolute atomic E-state index is 0.0709. The number of carbonyl (C=O) groups is 3. The number of carbonyl (C=O) groups excluding carboxylic acids is 3. The van der Waals surface area contributed by atoms with E-state index in [1.165, 1.54) is 45.4 Å². The van der Waals surface area contributed by atoms with E-state index >= 15 is 0 Å². The van der Waals surface area contributed by atoms with E-state index in [9.17, 15) is 22.8 Å². The van der Waals surface area contributed by atoms with Crippen LogP contribution < -0.4 is 20.1 Å². The second-order valence-electron chi connectivity index (χ2n) is 5.42. The fourth-order valence-electron chi connectivity index (χ4n) is 1.84. The number of rotatable bonds is 10. The van der Waals surface area contributed by atoms with Gasteiger partial charge in [-0.1, -0.05) is 0 Å². The molecule has 0 aliphatic rings. The van der Waals surface area contributed by atoms with Crippen LogP contribution in [0.25, 0.3) is 0 Å². The third-order valence-electron chi connectivity index (χ3n) is 3.25. The summed E-state index contributed by atoms with van der Waals surface area (Å²) < 4.78 is 41.0. The maximum Gasteiger partial charge on any atom is 0.324 e. The molecular weight excluding hydrogens is 394 g/mol. The Kier molecular flexibility index (Phi) is 9.35. The molecular formula is C16H23N3O8S. The molecule has 0 aromatic heterocycles. The maximum absolute atomic E-state index is 12.3. The molecule has 3 N–H and O–H groups in total. The minimum Gasteiger partial charge on any atom is -0.497 e. The van der Waals surface area contributed by atoms with Crippen molar-refractivity contribution in [2.75, 3.05) is 34.0 Å². The fraction of sp³-hybridized carbons (Fsp3) is 0.438. The zero-order chi connectivity index (χ0) is 21.2. The number of esters is 1. The van der Waals surface area contributed by atoms with Crippen LogP contribution in [0.4, 0.5) is 4.79 Å². The Morgan fingerprint density at radius 1 is 1.11 bits per heavy atom. The van der Waals surface area contributed by atoms with Crippen LogP contribution in [0, 0.1) is 0 Å². The largest absolute Gasteiger partial charge is 0.497 e. The van der Waals surface area contributed by atoms with Gasteiger partial charge in [0.1, 0.15) is 11.8 Å². The summed E-state index contributed by atoms with van der Waals surface area (Å²) >= 11 is 0. The van der Waals surface area contributed by atoms with Gasteiger partial charge >= 0.3 is 12.0 Å². The highest BCUT2D eigenvalue weighted by Gasteiger charge is 2.24. The average molecular weight is 417 g/mol. The molecule has 3 amide bonds. The van der Waals surface area contributed by atoms with Gasteiger partial charge in [0.05, 0.1) is 18.6 Å². The smallest absolute Gasteiger partial charge is 0.324 e. The average Bonchev–Trinajstić information content (AvgIpc) is 2.65. The Hall–Kier alpha value is -2.70. The molecule has 0 unspecified atom stereocenters. The molecule has 1 aromatic carbocycles. The molecule has 0 fully saturated rings. The van der Waals surface area contributed by atoms with Crippen LogP contribution in [0.2, 0.25) is 0 Å². The summed E-state index contributed by atoms with van der Waals surface area (Å²) in [6, 6.07) is 3.52. The van der Waals surface area contributed by atoms with Crippen molar-refractivity contribution in [3.63, 3.8) is 0 Å². The number of sulfonamides is 1. The van der Waals surface area contributed by atoms with E-state index in [1.807, 2.05) is 5.32 Å². The third-order valence-corrected chi connectivity index (χ3v) is 4.80. The lowest BCUT2D eigenvalue weighted by molar-refractivity contribution is -0.149. The van der Waals surface area contributed by atoms with Crippen LogP contribution in [0.3, 0.4) is 0 Å². The molecule has 0 saturated heterocycles. The van der Waals surface area contributed by atoms with E-state index < -0.39 is 40.6 Å². The van der Waals surface area contributed by atoms with Gasteiger partial charge in [-0.05, 0) is 31.2 Å². The summed E-state index contributed by atoms with van der Waals surface area (Å²) in [5.74, 6) is -1.37. The standard InChI is InChI=1S/C16H23N3O8S/c1-11(19-28(23,24)13-6-4-12(26-3)5-7-13)15(21)27-10-14(20)18-16(22)17-8-9-25-2/h4-7,11,19H,8-10H2,1-3H3,(H2,17,18,20,22)/t11-/m0/s1. The van der Waals surface area contributed by atoms with Gasteiger partial charge in [0.15, 0.2) is 6.61 Å². The van der Waals surface area contributed by atoms with E-state index in [1.54, 1.807) is 0 Å². The van der Waals surface area contributed by atoms with Crippen molar-refractivity contribution in [3.05, 3.63) is 24.3 Å². The van der Waals surface area contributed by atoms with Crippen LogP contribution in [0.15, 0.2) is 29.2 Å². The number of amides is 3. The summed E-state index contributed by atoms with van der Waals surface area (Å²) in [7, 11) is -1.09. The first-order chi connectivity index (χ1) is 13.2. The van der Waals surface area contributed by atoms with Crippen LogP contribution in [-0.2, 0) is 29.1 Å². The molecule has 0 aliphatic carbocycles. The summed E-state index contributed by atoms with van der Waals surface area (Å²) in [5, 5.41) is 4.29. The van der Waals surface area contributed by atoms with Crippen molar-refractivity contribution in [2.45, 2.75) is 17.9 Å². The lowest BCUT2D eigenvalue weighted by Crippen LogP contribution is -2.44. The van der Waals surface area contributed by atoms with Gasteiger partial charge in [0.2, 0.25) is 10.0 Å². The zero-order valence-electron chi connectivity index (χ0n) is 15.7. The van der Waals surface area contributed by atoms with Gasteiger partial charge in [-0.2, -0.15) is 4.72 Å². The first kappa shape index (κ1) is 23.3. The van der Waals surface area contributed by atoms with Crippen molar-refractivity contribution in [3.8, 4) is 5.75 Å². The molecule has 11 nitrogen and oxygen atoms in total. The first-order valence-electron chi connectivity index (χ1n) is 8.09. The molecule has 0 bridgehead atoms. The van der Waals surface area contributed by atoms with Crippen molar-refractivity contribution in [1.82, 2.24) is 15.4 Å². The number of ether oxygens (including phenoxy) is 3. The van der Waals surface area contributed by atoms with Crippen LogP contribution >= 0.6 is 0 Å². The molecule has 0 heterocycles. The second kappa shape index (κ2) is 11.2. The van der Waals surface area contributed by atoms with Crippen LogP contribution in [-0.4, -0.2) is 66.3 Å². The Balaban J connectivity index is 2.49. The van der Waals surface area contributed by atoms with Gasteiger partial charge in [-0.15, -0.1) is 0 Å². The number of hydrogen-bond acceptors (Lipinski definition) is 8. The summed E-state index contributed by atoms with van der Waals surface area (Å²) in [6.07, 6.45) is 0. The molecule has 1 atom stereocenters. The SMILES string of the molecule is COCCNC(=O)NC(=O)COC(=O)[C@H](C)NS(=O)(=O)c1ccc(OC)cc1. The zero-order valence-corrected chi connectivity index (χ0v) is 16.5. The third kappa shape index (κ3) is 7.90. The highest BCUT2D eigenvalue weighted by Crippen LogP contribution is 2.15. The van der Waals surface area contributed by atoms with E-state index in [2.05, 4.69) is 10.0 Å². The van der Waals surface area contributed by atoms with E-state index in [0.29, 0.717) is 5.75 Å². The fourth-order valence-corrected chi connectivity index (χ4v) is 3.03. The maximum atomic E-state index is 12.3. The lowest BCUT2D eigenvalue weighted by Gasteiger charge is -2.14. The van der Waals surface area contributed by atoms with Crippen molar-refractivity contribution < 1.29 is 37.0 Å². The highest BCUT2D eigenvalue weighted by atomic mass is 32.2. The molecule has 0 saturated carbocycles. The van der Waals surface area contributed by atoms with Gasteiger partial charge < -0.3 is 19.5 Å². The first-order valence-corrected chi connectivity index (χ1v) is 9.57. The van der Waals surface area contributed by atoms with E-state index in [-0.39, 0.29) is 18.0 Å². The quantitative estimate of drug-likeness (QED) is 0.337. The summed E-state index contributed by atoms with van der Waals surface area (Å²) in [6.45, 7) is 0.978. The summed E-state index contributed by atoms with van der Waals surface area (Å²) in [4.78, 5) is 34.7. The van der Waals surface area contributed by atoms with Gasteiger partial charge in [0.25, 0.3) is 5.91 Å². The van der Waals surface area contributed by atoms with Crippen LogP contribution in [0.1, 0.15) is 6.92 Å². The number of benzene rings is 1. The van der Waals surface area contributed by atoms with E-state index in [0.717, 1.165) is 0 Å². The van der Waals surface area contributed by atoms with Crippen molar-refractivity contribution in [1.29, 1.82) is 0 Å². The molecule has 0 radical (unpaired) electrons. The topological polar surface area (TPSA) is 149 Å². The monoisotopic (exact) mass is 417 g/mol. The van der Waals surface area contributed by atoms with Crippen LogP contribution in [0.5, 0.6) is 5.75 Å². The molecule has 1 rings (SSSR count). The van der Waals surface area contributed by atoms with E-state index in [4.69, 9.17) is 14.2 Å². The molecule has 0 aliphatic heterocycles. The Bertz CT molecular complexity index is 780. The number of imide groups is 1. The highest BCUT2D eigenvalue weighted by molar-refractivity contribution is 7.89. The summed E-state index contributed by atoms with van der Waals surface area (Å²) in [5.41, 5.74) is 0. The minimum atomic E-state index is -3.98. The number of methoxy groups -OCH3 is 2. The molecule has 1 aromatic rings. The second-order valence-corrected chi connectivity index (χ2v) is 7.14. The predicted octanol–water partition coefficient (Wildman–Crippen LogP) is -0.623. The van der Waals surface area contributed by atoms with Crippen molar-refractivity contribution in [2.24, 2.45) is 0 Å². The van der Waals surface area contributed by atoms with Gasteiger partial charge in [-0.3, -0.25) is 14.9 Å². The number of hydrogen-bond donors (Lipinski definition) is 3. The van der Waals surface area contributed by atoms with Gasteiger partial charge in [-0.25, -0.2) is 13.2 Å². The Morgan fingerprint density at radius 2 is 1.75 bits per heavy atom. The lowest BCUT2D eigenvalue weighted by atomic mass is 10.3. The van der Waals surface area contributed by atoms with Crippen molar-refractivity contribution >= 4 is 27.9 Å². The molecule has 0 spiro atoms. The molecule has 28 heavy (non-hydrogen) atoms. The normalized spacial score (nSPS) is 12.0. The molecule has 156 valence electrons. The number of urea groups is 1. The predicted molar refractivity (Wildman–Crippen MR) is 97.2 cm³/mol. The number of nitrogens with one attached hydrogen (secondary N) is 3.